The molecule has 1 aliphatic rings. The van der Waals surface area contributed by atoms with E-state index in [0.29, 0.717) is 28.9 Å². The van der Waals surface area contributed by atoms with E-state index < -0.39 is 5.69 Å². The number of hydrogen-bond acceptors (Lipinski definition) is 4. The van der Waals surface area contributed by atoms with Crippen LogP contribution in [0.15, 0.2) is 70.4 Å². The van der Waals surface area contributed by atoms with Crippen molar-refractivity contribution < 1.29 is 4.74 Å². The Morgan fingerprint density at radius 1 is 1.10 bits per heavy atom. The van der Waals surface area contributed by atoms with Gasteiger partial charge in [0.05, 0.1) is 23.8 Å². The molecule has 31 heavy (non-hydrogen) atoms. The number of rotatable bonds is 2. The Kier molecular flexibility index (Phi) is 4.03. The van der Waals surface area contributed by atoms with Crippen molar-refractivity contribution in [3.63, 3.8) is 0 Å². The van der Waals surface area contributed by atoms with Gasteiger partial charge in [-0.05, 0) is 35.4 Å². The maximum atomic E-state index is 13.6. The van der Waals surface area contributed by atoms with Crippen molar-refractivity contribution in [2.45, 2.75) is 19.1 Å². The first kappa shape index (κ1) is 18.4. The Morgan fingerprint density at radius 3 is 2.77 bits per heavy atom. The van der Waals surface area contributed by atoms with E-state index in [1.165, 1.54) is 15.9 Å². The number of fused-ring (bicyclic) bond motifs is 4. The lowest BCUT2D eigenvalue weighted by molar-refractivity contribution is 0.0300. The summed E-state index contributed by atoms with van der Waals surface area (Å²) >= 11 is 1.44. The van der Waals surface area contributed by atoms with Crippen LogP contribution in [-0.4, -0.2) is 14.1 Å². The first-order valence-corrected chi connectivity index (χ1v) is 10.9. The van der Waals surface area contributed by atoms with E-state index >= 15 is 0 Å². The minimum atomic E-state index is -0.424. The zero-order valence-electron chi connectivity index (χ0n) is 16.8. The smallest absolute Gasteiger partial charge is 0.334 e. The van der Waals surface area contributed by atoms with Gasteiger partial charge in [0.25, 0.3) is 5.56 Å². The Morgan fingerprint density at radius 2 is 1.94 bits per heavy atom. The summed E-state index contributed by atoms with van der Waals surface area (Å²) in [5.74, 6) is 0. The largest absolute Gasteiger partial charge is 0.368 e. The monoisotopic (exact) mass is 429 g/mol. The molecule has 1 unspecified atom stereocenters. The Hall–Kier alpha value is -3.42. The van der Waals surface area contributed by atoms with Crippen molar-refractivity contribution in [1.29, 1.82) is 0 Å². The third-order valence-electron chi connectivity index (χ3n) is 6.03. The number of aryl methyl sites for hydroxylation is 1. The van der Waals surface area contributed by atoms with Gasteiger partial charge < -0.3 is 9.30 Å². The molecule has 2 aromatic carbocycles. The topological polar surface area (TPSA) is 69.0 Å². The van der Waals surface area contributed by atoms with Crippen molar-refractivity contribution >= 4 is 32.5 Å². The van der Waals surface area contributed by atoms with Gasteiger partial charge in [-0.1, -0.05) is 30.3 Å². The van der Waals surface area contributed by atoms with Crippen LogP contribution in [-0.2, 0) is 24.8 Å². The summed E-state index contributed by atoms with van der Waals surface area (Å²) in [6.45, 7) is 0.436. The van der Waals surface area contributed by atoms with E-state index in [-0.39, 0.29) is 11.7 Å². The maximum Gasteiger partial charge on any atom is 0.334 e. The number of aromatic amines is 1. The molecule has 6 rings (SSSR count). The molecule has 154 valence electrons. The molecule has 1 aliphatic heterocycles. The number of ether oxygens (including phenoxy) is 1. The minimum Gasteiger partial charge on any atom is -0.368 e. The highest BCUT2D eigenvalue weighted by atomic mass is 32.1. The Bertz CT molecular complexity index is 1570. The second-order valence-electron chi connectivity index (χ2n) is 7.86. The highest BCUT2D eigenvalue weighted by Gasteiger charge is 2.27. The van der Waals surface area contributed by atoms with Gasteiger partial charge in [-0.15, -0.1) is 11.3 Å². The number of hydrogen-bond donors (Lipinski definition) is 1. The van der Waals surface area contributed by atoms with Crippen LogP contribution in [0.4, 0.5) is 0 Å². The van der Waals surface area contributed by atoms with Crippen molar-refractivity contribution in [3.05, 3.63) is 97.6 Å². The van der Waals surface area contributed by atoms with Gasteiger partial charge >= 0.3 is 5.69 Å². The molecule has 0 saturated carbocycles. The molecule has 0 fully saturated rings. The average Bonchev–Trinajstić information content (AvgIpc) is 3.33. The molecule has 0 saturated heterocycles. The van der Waals surface area contributed by atoms with Gasteiger partial charge in [0.2, 0.25) is 0 Å². The summed E-state index contributed by atoms with van der Waals surface area (Å²) < 4.78 is 9.32. The van der Waals surface area contributed by atoms with Crippen LogP contribution in [0.3, 0.4) is 0 Å². The van der Waals surface area contributed by atoms with Gasteiger partial charge in [0.1, 0.15) is 4.83 Å². The molecule has 7 heteroatoms. The van der Waals surface area contributed by atoms with Crippen molar-refractivity contribution in [1.82, 2.24) is 14.1 Å². The number of H-pyrrole nitrogens is 1. The molecule has 5 aromatic rings. The fraction of sp³-hybridized carbons (Fsp3) is 0.167. The van der Waals surface area contributed by atoms with E-state index in [4.69, 9.17) is 4.74 Å². The van der Waals surface area contributed by atoms with Crippen LogP contribution >= 0.6 is 11.3 Å². The summed E-state index contributed by atoms with van der Waals surface area (Å²) in [5, 5.41) is 1.58. The molecule has 6 nitrogen and oxygen atoms in total. The molecule has 0 radical (unpaired) electrons. The van der Waals surface area contributed by atoms with Crippen molar-refractivity contribution in [3.8, 4) is 5.69 Å². The van der Waals surface area contributed by atoms with Crippen LogP contribution in [0.1, 0.15) is 22.1 Å². The molecule has 0 amide bonds. The molecular weight excluding hydrogens is 410 g/mol. The third kappa shape index (κ3) is 2.81. The Labute approximate surface area is 181 Å². The SMILES string of the molecule is Cn1ccc2cc(-n3c(=O)[nH]c4sc5c(c4c3=O)CC(c3ccccc3)OC5)ccc21. The number of nitrogens with zero attached hydrogens (tertiary/aromatic N) is 2. The summed E-state index contributed by atoms with van der Waals surface area (Å²) in [6, 6.07) is 17.7. The highest BCUT2D eigenvalue weighted by molar-refractivity contribution is 7.18. The molecule has 0 aliphatic carbocycles. The maximum absolute atomic E-state index is 13.6. The van der Waals surface area contributed by atoms with Crippen LogP contribution in [0, 0.1) is 0 Å². The number of benzene rings is 2. The Balaban J connectivity index is 1.53. The van der Waals surface area contributed by atoms with E-state index in [1.807, 2.05) is 72.4 Å². The third-order valence-corrected chi connectivity index (χ3v) is 7.16. The summed E-state index contributed by atoms with van der Waals surface area (Å²) in [7, 11) is 1.97. The van der Waals surface area contributed by atoms with Gasteiger partial charge in [-0.3, -0.25) is 9.78 Å². The second kappa shape index (κ2) is 6.80. The molecule has 4 heterocycles. The minimum absolute atomic E-state index is 0.105. The summed E-state index contributed by atoms with van der Waals surface area (Å²) in [6.07, 6.45) is 2.47. The second-order valence-corrected chi connectivity index (χ2v) is 8.97. The quantitative estimate of drug-likeness (QED) is 0.460. The molecule has 1 atom stereocenters. The lowest BCUT2D eigenvalue weighted by atomic mass is 9.98. The average molecular weight is 430 g/mol. The standard InChI is InChI=1S/C24H19N3O3S/c1-26-10-9-15-11-16(7-8-18(15)26)27-23(28)21-17-12-19(14-5-3-2-4-6-14)30-13-20(17)31-22(21)25-24(27)29/h2-11,19H,12-13H2,1H3,(H,25,29). The zero-order valence-corrected chi connectivity index (χ0v) is 17.6. The van der Waals surface area contributed by atoms with Crippen LogP contribution < -0.4 is 11.2 Å². The molecule has 3 aromatic heterocycles. The van der Waals surface area contributed by atoms with Gasteiger partial charge in [0.15, 0.2) is 0 Å². The lowest BCUT2D eigenvalue weighted by Gasteiger charge is -2.23. The van der Waals surface area contributed by atoms with E-state index in [2.05, 4.69) is 4.98 Å². The fourth-order valence-corrected chi connectivity index (χ4v) is 5.59. The number of nitrogens with one attached hydrogen (secondary N) is 1. The van der Waals surface area contributed by atoms with Gasteiger partial charge in [-0.2, -0.15) is 0 Å². The van der Waals surface area contributed by atoms with Crippen molar-refractivity contribution in [2.24, 2.45) is 7.05 Å². The van der Waals surface area contributed by atoms with Crippen LogP contribution in [0.25, 0.3) is 26.8 Å². The first-order chi connectivity index (χ1) is 15.1. The highest BCUT2D eigenvalue weighted by Crippen LogP contribution is 2.37. The predicted molar refractivity (Wildman–Crippen MR) is 122 cm³/mol. The molecule has 0 spiro atoms. The lowest BCUT2D eigenvalue weighted by Crippen LogP contribution is -2.33. The molecule has 1 N–H and O–H groups in total. The van der Waals surface area contributed by atoms with E-state index in [0.717, 1.165) is 26.9 Å². The van der Waals surface area contributed by atoms with Gasteiger partial charge in [0, 0.05) is 35.4 Å². The summed E-state index contributed by atoms with van der Waals surface area (Å²) in [4.78, 5) is 31.0. The fourth-order valence-electron chi connectivity index (χ4n) is 4.46. The van der Waals surface area contributed by atoms with E-state index in [9.17, 15) is 9.59 Å². The molecule has 0 bridgehead atoms. The predicted octanol–water partition coefficient (Wildman–Crippen LogP) is 4.05. The first-order valence-electron chi connectivity index (χ1n) is 10.1. The van der Waals surface area contributed by atoms with Gasteiger partial charge in [-0.25, -0.2) is 9.36 Å². The molecular formula is C24H19N3O3S. The normalized spacial score (nSPS) is 16.1. The van der Waals surface area contributed by atoms with Crippen molar-refractivity contribution in [2.75, 3.05) is 0 Å². The number of aromatic nitrogens is 3. The summed E-state index contributed by atoms with van der Waals surface area (Å²) in [5.41, 5.74) is 2.98. The van der Waals surface area contributed by atoms with Crippen LogP contribution in [0.5, 0.6) is 0 Å². The number of thiophene rings is 1. The van der Waals surface area contributed by atoms with E-state index in [1.54, 1.807) is 0 Å². The van der Waals surface area contributed by atoms with Crippen LogP contribution in [0.2, 0.25) is 0 Å². The zero-order chi connectivity index (χ0) is 21.1.